The molecule has 24 heteroatoms. The second-order valence-corrected chi connectivity index (χ2v) is 23.0. The van der Waals surface area contributed by atoms with Crippen LogP contribution in [-0.2, 0) is 0 Å². The molecule has 0 spiro atoms. The fourth-order valence-corrected chi connectivity index (χ4v) is 10.9. The van der Waals surface area contributed by atoms with E-state index >= 15 is 0 Å². The number of aromatic amines is 4. The lowest BCUT2D eigenvalue weighted by Crippen LogP contribution is -1.65. The molecule has 0 atom stereocenters. The van der Waals surface area contributed by atoms with Gasteiger partial charge >= 0.3 is 0 Å². The summed E-state index contributed by atoms with van der Waals surface area (Å²) in [7, 11) is 0. The van der Waals surface area contributed by atoms with Gasteiger partial charge in [0.05, 0.1) is 62.9 Å². The third-order valence-electron chi connectivity index (χ3n) is 6.91. The van der Waals surface area contributed by atoms with Gasteiger partial charge in [-0.15, -0.1) is 90.7 Å². The molecule has 0 unspecified atom stereocenters. The Hall–Kier alpha value is -3.00. The van der Waals surface area contributed by atoms with Crippen LogP contribution >= 0.6 is 186 Å². The van der Waals surface area contributed by atoms with E-state index in [1.165, 1.54) is 0 Å². The second kappa shape index (κ2) is 28.9. The summed E-state index contributed by atoms with van der Waals surface area (Å²) in [6, 6.07) is 22.8. The van der Waals surface area contributed by atoms with Crippen LogP contribution in [0, 0.1) is 15.8 Å². The van der Waals surface area contributed by atoms with Crippen molar-refractivity contribution in [3.8, 4) is 0 Å². The third-order valence-corrected chi connectivity index (χ3v) is 14.8. The van der Waals surface area contributed by atoms with E-state index in [2.05, 4.69) is 39.9 Å². The number of nitrogens with one attached hydrogen (secondary N) is 4. The van der Waals surface area contributed by atoms with E-state index in [0.717, 1.165) is 76.8 Å². The van der Waals surface area contributed by atoms with Gasteiger partial charge in [0.1, 0.15) is 0 Å². The SMILES string of the molecule is S=c1[nH]c2cc(Cl)ccc2s1.S=c1[nH]c2cc(Cl)ccc2s1.S=c1[nH]c2cc(Cl)ccc2s1.S=c1[nH]c2cc(Cl)ccc2s1.c1cscn1.c1cscn1.c1cscn1.c1cscn1. The highest BCUT2D eigenvalue weighted by Gasteiger charge is 1.99. The minimum absolute atomic E-state index is 0.738. The normalized spacial score (nSPS) is 9.81. The molecule has 0 aliphatic rings. The molecule has 4 N–H and O–H groups in total. The lowest BCUT2D eigenvalue weighted by molar-refractivity contribution is 1.43. The molecule has 0 bridgehead atoms. The van der Waals surface area contributed by atoms with E-state index in [4.69, 9.17) is 95.3 Å². The molecule has 0 fully saturated rings. The summed E-state index contributed by atoms with van der Waals surface area (Å²) in [6.45, 7) is 0. The zero-order valence-electron chi connectivity index (χ0n) is 32.1. The van der Waals surface area contributed by atoms with Crippen molar-refractivity contribution in [1.29, 1.82) is 0 Å². The number of hydrogen-bond acceptors (Lipinski definition) is 16. The first-order chi connectivity index (χ1) is 31.0. The van der Waals surface area contributed by atoms with Crippen LogP contribution < -0.4 is 0 Å². The quantitative estimate of drug-likeness (QED) is 0.111. The van der Waals surface area contributed by atoms with Gasteiger partial charge in [-0.25, -0.2) is 0 Å². The first-order valence-corrected chi connectivity index (χ1v) is 27.6. The minimum atomic E-state index is 0.738. The molecule has 0 amide bonds. The number of nitrogens with zero attached hydrogens (tertiary/aromatic N) is 4. The molecule has 8 aromatic heterocycles. The zero-order valence-corrected chi connectivity index (χ0v) is 44.9. The lowest BCUT2D eigenvalue weighted by atomic mass is 10.3. The number of rotatable bonds is 0. The Labute approximate surface area is 438 Å². The van der Waals surface area contributed by atoms with Crippen molar-refractivity contribution in [1.82, 2.24) is 39.9 Å². The Morgan fingerprint density at radius 2 is 0.562 bits per heavy atom. The first kappa shape index (κ1) is 52.0. The molecule has 8 nitrogen and oxygen atoms in total. The Kier molecular flexibility index (Phi) is 23.5. The van der Waals surface area contributed by atoms with Crippen LogP contribution in [0.25, 0.3) is 40.9 Å². The molecular weight excluding hydrogens is 1120 g/mol. The van der Waals surface area contributed by atoms with E-state index in [1.807, 2.05) is 94.3 Å². The molecule has 64 heavy (non-hydrogen) atoms. The number of hydrogen-bond donors (Lipinski definition) is 4. The number of aromatic nitrogens is 8. The summed E-state index contributed by atoms with van der Waals surface area (Å²) in [5.41, 5.74) is 11.2. The van der Waals surface area contributed by atoms with Crippen molar-refractivity contribution in [2.24, 2.45) is 0 Å². The standard InChI is InChI=1S/4C7H4ClNS2.4C3H3NS/c4*8-4-1-2-6-5(3-4)9-7(10)11-6;4*1-2-5-3-4-1/h4*1-3H,(H,9,10);4*1-3H. The van der Waals surface area contributed by atoms with E-state index in [0.29, 0.717) is 0 Å². The molecule has 0 aliphatic carbocycles. The number of halogens is 4. The van der Waals surface area contributed by atoms with Crippen LogP contribution in [0.5, 0.6) is 0 Å². The van der Waals surface area contributed by atoms with Crippen LogP contribution in [0.15, 0.2) is 141 Å². The summed E-state index contributed by atoms with van der Waals surface area (Å²) in [5, 5.41) is 10.7. The van der Waals surface area contributed by atoms with Crippen molar-refractivity contribution in [2.75, 3.05) is 0 Å². The molecule has 0 saturated carbocycles. The highest BCUT2D eigenvalue weighted by atomic mass is 35.5. The van der Waals surface area contributed by atoms with Crippen LogP contribution in [-0.4, -0.2) is 39.9 Å². The molecular formula is C40H28Cl4N8S12. The molecule has 8 heterocycles. The van der Waals surface area contributed by atoms with Crippen LogP contribution in [0.2, 0.25) is 20.1 Å². The topological polar surface area (TPSA) is 115 Å². The zero-order chi connectivity index (χ0) is 45.5. The first-order valence-electron chi connectivity index (χ1n) is 17.4. The summed E-state index contributed by atoms with van der Waals surface area (Å²) >= 11 is 55.7. The number of thiazole rings is 8. The molecule has 12 rings (SSSR count). The van der Waals surface area contributed by atoms with Gasteiger partial charge < -0.3 is 19.9 Å². The van der Waals surface area contributed by atoms with E-state index in [1.54, 1.807) is 138 Å². The molecule has 0 saturated heterocycles. The summed E-state index contributed by atoms with van der Waals surface area (Å²) in [5.74, 6) is 0. The number of H-pyrrole nitrogens is 4. The molecule has 4 aromatic carbocycles. The van der Waals surface area contributed by atoms with Gasteiger partial charge in [-0.05, 0) is 122 Å². The molecule has 12 aromatic rings. The van der Waals surface area contributed by atoms with Crippen molar-refractivity contribution in [3.63, 3.8) is 0 Å². The summed E-state index contributed by atoms with van der Waals surface area (Å²) in [6.07, 6.45) is 7.07. The van der Waals surface area contributed by atoms with Crippen LogP contribution in [0.4, 0.5) is 0 Å². The maximum absolute atomic E-state index is 5.78. The molecule has 0 radical (unpaired) electrons. The third kappa shape index (κ3) is 19.5. The molecule has 328 valence electrons. The predicted molar refractivity (Wildman–Crippen MR) is 297 cm³/mol. The number of benzene rings is 4. The van der Waals surface area contributed by atoms with Gasteiger partial charge in [0.25, 0.3) is 0 Å². The Balaban J connectivity index is 0.000000141. The van der Waals surface area contributed by atoms with E-state index in [9.17, 15) is 0 Å². The van der Waals surface area contributed by atoms with Crippen molar-refractivity contribution in [2.45, 2.75) is 0 Å². The van der Waals surface area contributed by atoms with Gasteiger partial charge in [-0.3, -0.25) is 19.9 Å². The van der Waals surface area contributed by atoms with Gasteiger partial charge in [0, 0.05) is 66.4 Å². The van der Waals surface area contributed by atoms with E-state index in [-0.39, 0.29) is 0 Å². The average molecular weight is 1150 g/mol. The Morgan fingerprint density at radius 1 is 0.344 bits per heavy atom. The fraction of sp³-hybridized carbons (Fsp3) is 0. The predicted octanol–water partition coefficient (Wildman–Crippen LogP) is 19.0. The number of fused-ring (bicyclic) bond motifs is 4. The van der Waals surface area contributed by atoms with Crippen LogP contribution in [0.3, 0.4) is 0 Å². The monoisotopic (exact) mass is 1140 g/mol. The van der Waals surface area contributed by atoms with Crippen molar-refractivity contribution in [3.05, 3.63) is 177 Å². The van der Waals surface area contributed by atoms with E-state index < -0.39 is 0 Å². The fourth-order valence-electron chi connectivity index (χ4n) is 4.40. The van der Waals surface area contributed by atoms with Gasteiger partial charge in [0.2, 0.25) is 0 Å². The Morgan fingerprint density at radius 3 is 0.719 bits per heavy atom. The van der Waals surface area contributed by atoms with Gasteiger partial charge in [-0.2, -0.15) is 0 Å². The van der Waals surface area contributed by atoms with Crippen molar-refractivity contribution < 1.29 is 0 Å². The minimum Gasteiger partial charge on any atom is -0.337 e. The highest BCUT2D eigenvalue weighted by molar-refractivity contribution is 7.74. The van der Waals surface area contributed by atoms with Crippen molar-refractivity contribution >= 4 is 227 Å². The average Bonchev–Trinajstić information content (AvgIpc) is 4.12. The summed E-state index contributed by atoms with van der Waals surface area (Å²) < 4.78 is 7.78. The largest absolute Gasteiger partial charge is 0.337 e. The lowest BCUT2D eigenvalue weighted by Gasteiger charge is -1.87. The smallest absolute Gasteiger partial charge is 0.159 e. The van der Waals surface area contributed by atoms with Gasteiger partial charge in [-0.1, -0.05) is 46.4 Å². The molecule has 0 aliphatic heterocycles. The maximum atomic E-state index is 5.78. The van der Waals surface area contributed by atoms with Crippen LogP contribution in [0.1, 0.15) is 0 Å². The summed E-state index contributed by atoms with van der Waals surface area (Å²) in [4.78, 5) is 27.2. The Bertz CT molecular complexity index is 2830. The second-order valence-electron chi connectivity index (χ2n) is 11.3. The maximum Gasteiger partial charge on any atom is 0.159 e. The highest BCUT2D eigenvalue weighted by Crippen LogP contribution is 2.25. The van der Waals surface area contributed by atoms with Gasteiger partial charge in [0.15, 0.2) is 15.8 Å².